The van der Waals surface area contributed by atoms with Crippen LogP contribution in [0, 0.1) is 0 Å². The number of carbonyl (C=O) groups is 2. The molecule has 0 spiro atoms. The van der Waals surface area contributed by atoms with Crippen LogP contribution >= 0.6 is 0 Å². The predicted octanol–water partition coefficient (Wildman–Crippen LogP) is 3.31. The summed E-state index contributed by atoms with van der Waals surface area (Å²) in [5.41, 5.74) is 1.93. The van der Waals surface area contributed by atoms with E-state index >= 15 is 0 Å². The first-order valence-electron chi connectivity index (χ1n) is 8.08. The van der Waals surface area contributed by atoms with Gasteiger partial charge >= 0.3 is 5.97 Å². The van der Waals surface area contributed by atoms with E-state index in [1.807, 2.05) is 24.3 Å². The van der Waals surface area contributed by atoms with Crippen LogP contribution in [0.15, 0.2) is 48.5 Å². The van der Waals surface area contributed by atoms with E-state index in [2.05, 4.69) is 10.6 Å². The molecule has 1 amide bonds. The molecule has 6 heteroatoms. The monoisotopic (exact) mass is 342 g/mol. The van der Waals surface area contributed by atoms with Gasteiger partial charge in [-0.25, -0.2) is 4.79 Å². The smallest absolute Gasteiger partial charge is 0.338 e. The summed E-state index contributed by atoms with van der Waals surface area (Å²) in [4.78, 5) is 23.6. The van der Waals surface area contributed by atoms with Crippen LogP contribution in [-0.4, -0.2) is 32.1 Å². The molecular formula is C19H22N2O4. The Morgan fingerprint density at radius 3 is 2.44 bits per heavy atom. The Bertz CT molecular complexity index is 714. The third kappa shape index (κ3) is 5.53. The third-order valence-corrected chi connectivity index (χ3v) is 3.45. The van der Waals surface area contributed by atoms with Crippen LogP contribution in [-0.2, 0) is 9.53 Å². The maximum atomic E-state index is 12.0. The summed E-state index contributed by atoms with van der Waals surface area (Å²) in [5, 5.41) is 5.96. The van der Waals surface area contributed by atoms with Crippen LogP contribution in [0.5, 0.6) is 5.75 Å². The molecule has 6 nitrogen and oxygen atoms in total. The number of ether oxygens (including phenoxy) is 2. The summed E-state index contributed by atoms with van der Waals surface area (Å²) in [6, 6.07) is 14.1. The number of esters is 1. The van der Waals surface area contributed by atoms with Crippen molar-refractivity contribution >= 4 is 23.3 Å². The lowest BCUT2D eigenvalue weighted by atomic mass is 10.2. The van der Waals surface area contributed by atoms with Gasteiger partial charge in [0.2, 0.25) is 5.91 Å². The van der Waals surface area contributed by atoms with Crippen LogP contribution in [0.3, 0.4) is 0 Å². The molecule has 2 N–H and O–H groups in total. The van der Waals surface area contributed by atoms with Gasteiger partial charge in [0.25, 0.3) is 0 Å². The minimum atomic E-state index is -0.374. The lowest BCUT2D eigenvalue weighted by Crippen LogP contribution is -2.16. The summed E-state index contributed by atoms with van der Waals surface area (Å²) >= 11 is 0. The van der Waals surface area contributed by atoms with Gasteiger partial charge in [-0.1, -0.05) is 12.1 Å². The zero-order valence-electron chi connectivity index (χ0n) is 14.4. The second-order valence-electron chi connectivity index (χ2n) is 5.22. The fourth-order valence-electron chi connectivity index (χ4n) is 2.23. The molecule has 0 atom stereocenters. The zero-order chi connectivity index (χ0) is 18.1. The Hall–Kier alpha value is -3.02. The molecule has 0 fully saturated rings. The van der Waals surface area contributed by atoms with Gasteiger partial charge in [0.1, 0.15) is 5.75 Å². The standard InChI is InChI=1S/C19H22N2O4/c1-3-25-19(23)14-8-10-15(11-9-14)21-18(22)12-13-20-16-6-4-5-7-17(16)24-2/h4-11,20H,3,12-13H2,1-2H3,(H,21,22). The van der Waals surface area contributed by atoms with Gasteiger partial charge in [-0.2, -0.15) is 0 Å². The highest BCUT2D eigenvalue weighted by molar-refractivity contribution is 5.93. The molecule has 0 radical (unpaired) electrons. The van der Waals surface area contributed by atoms with Gasteiger partial charge < -0.3 is 20.1 Å². The Kier molecular flexibility index (Phi) is 6.83. The third-order valence-electron chi connectivity index (χ3n) is 3.45. The lowest BCUT2D eigenvalue weighted by Gasteiger charge is -2.11. The number of hydrogen-bond donors (Lipinski definition) is 2. The molecule has 0 aliphatic heterocycles. The molecule has 0 aromatic heterocycles. The topological polar surface area (TPSA) is 76.7 Å². The summed E-state index contributed by atoms with van der Waals surface area (Å²) in [6.45, 7) is 2.56. The Morgan fingerprint density at radius 2 is 1.76 bits per heavy atom. The second-order valence-corrected chi connectivity index (χ2v) is 5.22. The van der Waals surface area contributed by atoms with E-state index in [1.165, 1.54) is 0 Å². The molecule has 2 aromatic rings. The van der Waals surface area contributed by atoms with Crippen molar-refractivity contribution in [3.8, 4) is 5.75 Å². The number of para-hydroxylation sites is 2. The lowest BCUT2D eigenvalue weighted by molar-refractivity contribution is -0.115. The number of benzene rings is 2. The number of anilines is 2. The predicted molar refractivity (Wildman–Crippen MR) is 97.1 cm³/mol. The van der Waals surface area contributed by atoms with E-state index in [-0.39, 0.29) is 11.9 Å². The number of methoxy groups -OCH3 is 1. The molecule has 132 valence electrons. The van der Waals surface area contributed by atoms with Crippen molar-refractivity contribution in [1.29, 1.82) is 0 Å². The molecule has 0 aliphatic rings. The van der Waals surface area contributed by atoms with Gasteiger partial charge in [-0.15, -0.1) is 0 Å². The van der Waals surface area contributed by atoms with Gasteiger partial charge in [0.15, 0.2) is 0 Å². The average Bonchev–Trinajstić information content (AvgIpc) is 2.63. The highest BCUT2D eigenvalue weighted by Gasteiger charge is 2.07. The van der Waals surface area contributed by atoms with Crippen molar-refractivity contribution < 1.29 is 19.1 Å². The van der Waals surface area contributed by atoms with Crippen LogP contribution < -0.4 is 15.4 Å². The highest BCUT2D eigenvalue weighted by Crippen LogP contribution is 2.22. The zero-order valence-corrected chi connectivity index (χ0v) is 14.4. The first-order chi connectivity index (χ1) is 12.1. The summed E-state index contributed by atoms with van der Waals surface area (Å²) < 4.78 is 10.2. The second kappa shape index (κ2) is 9.32. The van der Waals surface area contributed by atoms with Crippen molar-refractivity contribution in [1.82, 2.24) is 0 Å². The van der Waals surface area contributed by atoms with Crippen molar-refractivity contribution in [2.75, 3.05) is 30.9 Å². The molecular weight excluding hydrogens is 320 g/mol. The van der Waals surface area contributed by atoms with E-state index in [0.717, 1.165) is 11.4 Å². The van der Waals surface area contributed by atoms with Crippen molar-refractivity contribution in [3.63, 3.8) is 0 Å². The Morgan fingerprint density at radius 1 is 1.04 bits per heavy atom. The van der Waals surface area contributed by atoms with Crippen LogP contribution in [0.4, 0.5) is 11.4 Å². The molecule has 0 saturated carbocycles. The normalized spacial score (nSPS) is 10.0. The molecule has 0 aliphatic carbocycles. The molecule has 0 bridgehead atoms. The summed E-state index contributed by atoms with van der Waals surface area (Å²) in [5.74, 6) is 0.241. The van der Waals surface area contributed by atoms with Gasteiger partial charge in [-0.05, 0) is 43.3 Å². The largest absolute Gasteiger partial charge is 0.495 e. The van der Waals surface area contributed by atoms with Gasteiger partial charge in [0.05, 0.1) is 25.0 Å². The maximum absolute atomic E-state index is 12.0. The molecule has 0 saturated heterocycles. The van der Waals surface area contributed by atoms with Crippen molar-refractivity contribution in [2.24, 2.45) is 0 Å². The van der Waals surface area contributed by atoms with Gasteiger partial charge in [0, 0.05) is 18.7 Å². The quantitative estimate of drug-likeness (QED) is 0.720. The Balaban J connectivity index is 1.81. The maximum Gasteiger partial charge on any atom is 0.338 e. The number of carbonyl (C=O) groups excluding carboxylic acids is 2. The SMILES string of the molecule is CCOC(=O)c1ccc(NC(=O)CCNc2ccccc2OC)cc1. The molecule has 2 aromatic carbocycles. The fourth-order valence-corrected chi connectivity index (χ4v) is 2.23. The van der Waals surface area contributed by atoms with Gasteiger partial charge in [-0.3, -0.25) is 4.79 Å². The number of amides is 1. The van der Waals surface area contributed by atoms with Crippen molar-refractivity contribution in [3.05, 3.63) is 54.1 Å². The Labute approximate surface area is 147 Å². The number of hydrogen-bond acceptors (Lipinski definition) is 5. The summed E-state index contributed by atoms with van der Waals surface area (Å²) in [6.07, 6.45) is 0.303. The number of nitrogens with one attached hydrogen (secondary N) is 2. The molecule has 0 heterocycles. The van der Waals surface area contributed by atoms with E-state index in [4.69, 9.17) is 9.47 Å². The molecule has 25 heavy (non-hydrogen) atoms. The van der Waals surface area contributed by atoms with E-state index in [1.54, 1.807) is 38.3 Å². The molecule has 0 unspecified atom stereocenters. The van der Waals surface area contributed by atoms with Crippen molar-refractivity contribution in [2.45, 2.75) is 13.3 Å². The highest BCUT2D eigenvalue weighted by atomic mass is 16.5. The fraction of sp³-hybridized carbons (Fsp3) is 0.263. The summed E-state index contributed by atoms with van der Waals surface area (Å²) in [7, 11) is 1.60. The van der Waals surface area contributed by atoms with Crippen LogP contribution in [0.25, 0.3) is 0 Å². The first-order valence-corrected chi connectivity index (χ1v) is 8.08. The first kappa shape index (κ1) is 18.3. The number of rotatable bonds is 8. The van der Waals surface area contributed by atoms with E-state index in [0.29, 0.717) is 30.8 Å². The van der Waals surface area contributed by atoms with E-state index in [9.17, 15) is 9.59 Å². The molecule has 2 rings (SSSR count). The van der Waals surface area contributed by atoms with Crippen LogP contribution in [0.1, 0.15) is 23.7 Å². The minimum absolute atomic E-state index is 0.119. The minimum Gasteiger partial charge on any atom is -0.495 e. The van der Waals surface area contributed by atoms with Crippen LogP contribution in [0.2, 0.25) is 0 Å². The van der Waals surface area contributed by atoms with E-state index < -0.39 is 0 Å². The average molecular weight is 342 g/mol.